The fourth-order valence-electron chi connectivity index (χ4n) is 1.33. The summed E-state index contributed by atoms with van der Waals surface area (Å²) in [4.78, 5) is 8.86. The SMILES string of the molecule is CC(N)CSCc1csc(-c2ccccn2)n1. The highest BCUT2D eigenvalue weighted by Crippen LogP contribution is 2.23. The van der Waals surface area contributed by atoms with Gasteiger partial charge in [-0.05, 0) is 19.1 Å². The van der Waals surface area contributed by atoms with Gasteiger partial charge >= 0.3 is 0 Å². The van der Waals surface area contributed by atoms with E-state index in [0.29, 0.717) is 0 Å². The molecule has 5 heteroatoms. The third kappa shape index (κ3) is 3.80. The molecule has 2 aromatic rings. The van der Waals surface area contributed by atoms with Gasteiger partial charge in [0.05, 0.1) is 11.4 Å². The molecule has 2 rings (SSSR count). The summed E-state index contributed by atoms with van der Waals surface area (Å²) in [5, 5.41) is 3.08. The first-order valence-electron chi connectivity index (χ1n) is 5.45. The molecular weight excluding hydrogens is 250 g/mol. The maximum absolute atomic E-state index is 5.70. The van der Waals surface area contributed by atoms with E-state index in [0.717, 1.165) is 27.9 Å². The summed E-state index contributed by atoms with van der Waals surface area (Å²) in [6.45, 7) is 2.02. The van der Waals surface area contributed by atoms with Crippen LogP contribution in [0, 0.1) is 0 Å². The summed E-state index contributed by atoms with van der Waals surface area (Å²) in [6.07, 6.45) is 1.79. The van der Waals surface area contributed by atoms with Crippen molar-refractivity contribution >= 4 is 23.1 Å². The second-order valence-corrected chi connectivity index (χ2v) is 5.74. The topological polar surface area (TPSA) is 51.8 Å². The third-order valence-electron chi connectivity index (χ3n) is 2.07. The van der Waals surface area contributed by atoms with Crippen LogP contribution in [0.25, 0.3) is 10.7 Å². The molecule has 90 valence electrons. The number of thioether (sulfide) groups is 1. The molecule has 0 aliphatic heterocycles. The van der Waals surface area contributed by atoms with Crippen molar-refractivity contribution < 1.29 is 0 Å². The predicted octanol–water partition coefficient (Wildman–Crippen LogP) is 2.79. The van der Waals surface area contributed by atoms with Gasteiger partial charge in [0.1, 0.15) is 5.01 Å². The minimum Gasteiger partial charge on any atom is -0.327 e. The Bertz CT molecular complexity index is 454. The lowest BCUT2D eigenvalue weighted by Gasteiger charge is -2.02. The largest absolute Gasteiger partial charge is 0.327 e. The van der Waals surface area contributed by atoms with Crippen molar-refractivity contribution in [3.05, 3.63) is 35.5 Å². The molecule has 3 nitrogen and oxygen atoms in total. The van der Waals surface area contributed by atoms with Crippen LogP contribution in [0.3, 0.4) is 0 Å². The van der Waals surface area contributed by atoms with E-state index in [1.54, 1.807) is 17.5 Å². The molecular formula is C12H15N3S2. The Hall–Kier alpha value is -0.910. The highest BCUT2D eigenvalue weighted by Gasteiger charge is 2.05. The average Bonchev–Trinajstić information content (AvgIpc) is 2.78. The van der Waals surface area contributed by atoms with Crippen molar-refractivity contribution in [2.24, 2.45) is 5.73 Å². The van der Waals surface area contributed by atoms with Crippen LogP contribution in [0.4, 0.5) is 0 Å². The van der Waals surface area contributed by atoms with Gasteiger partial charge in [0, 0.05) is 29.1 Å². The molecule has 2 N–H and O–H groups in total. The molecule has 0 saturated carbocycles. The van der Waals surface area contributed by atoms with Crippen molar-refractivity contribution in [2.45, 2.75) is 18.7 Å². The van der Waals surface area contributed by atoms with Gasteiger partial charge in [-0.3, -0.25) is 4.98 Å². The molecule has 0 aliphatic rings. The number of aromatic nitrogens is 2. The van der Waals surface area contributed by atoms with Gasteiger partial charge in [-0.2, -0.15) is 11.8 Å². The molecule has 0 radical (unpaired) electrons. The van der Waals surface area contributed by atoms with Crippen LogP contribution >= 0.6 is 23.1 Å². The van der Waals surface area contributed by atoms with Crippen LogP contribution in [-0.2, 0) is 5.75 Å². The van der Waals surface area contributed by atoms with Gasteiger partial charge in [-0.15, -0.1) is 11.3 Å². The Morgan fingerprint density at radius 2 is 2.35 bits per heavy atom. The average molecular weight is 265 g/mol. The number of thiazole rings is 1. The molecule has 2 aromatic heterocycles. The van der Waals surface area contributed by atoms with E-state index < -0.39 is 0 Å². The first kappa shape index (κ1) is 12.5. The van der Waals surface area contributed by atoms with Gasteiger partial charge in [0.25, 0.3) is 0 Å². The zero-order chi connectivity index (χ0) is 12.1. The predicted molar refractivity (Wildman–Crippen MR) is 75.2 cm³/mol. The van der Waals surface area contributed by atoms with Crippen LogP contribution in [0.1, 0.15) is 12.6 Å². The summed E-state index contributed by atoms with van der Waals surface area (Å²) >= 11 is 3.47. The van der Waals surface area contributed by atoms with E-state index in [2.05, 4.69) is 15.3 Å². The van der Waals surface area contributed by atoms with Gasteiger partial charge in [-0.1, -0.05) is 6.07 Å². The second-order valence-electron chi connectivity index (χ2n) is 3.85. The van der Waals surface area contributed by atoms with E-state index in [1.807, 2.05) is 36.9 Å². The maximum atomic E-state index is 5.70. The maximum Gasteiger partial charge on any atom is 0.142 e. The molecule has 0 spiro atoms. The lowest BCUT2D eigenvalue weighted by Crippen LogP contribution is -2.17. The summed E-state index contributed by atoms with van der Waals surface area (Å²) in [7, 11) is 0. The highest BCUT2D eigenvalue weighted by atomic mass is 32.2. The zero-order valence-corrected chi connectivity index (χ0v) is 11.3. The lowest BCUT2D eigenvalue weighted by atomic mass is 10.4. The van der Waals surface area contributed by atoms with Crippen molar-refractivity contribution in [1.29, 1.82) is 0 Å². The number of pyridine rings is 1. The Labute approximate surface area is 109 Å². The van der Waals surface area contributed by atoms with E-state index in [9.17, 15) is 0 Å². The number of nitrogens with two attached hydrogens (primary N) is 1. The van der Waals surface area contributed by atoms with Crippen molar-refractivity contribution in [3.8, 4) is 10.7 Å². The summed E-state index contributed by atoms with van der Waals surface area (Å²) < 4.78 is 0. The molecule has 0 bridgehead atoms. The highest BCUT2D eigenvalue weighted by molar-refractivity contribution is 7.98. The van der Waals surface area contributed by atoms with Gasteiger partial charge in [0.2, 0.25) is 0 Å². The standard InChI is InChI=1S/C12H15N3S2/c1-9(13)6-16-7-10-8-17-12(15-10)11-4-2-3-5-14-11/h2-5,8-9H,6-7,13H2,1H3. The second kappa shape index (κ2) is 6.14. The monoisotopic (exact) mass is 265 g/mol. The summed E-state index contributed by atoms with van der Waals surface area (Å²) in [6, 6.07) is 6.12. The molecule has 1 atom stereocenters. The minimum atomic E-state index is 0.244. The number of hydrogen-bond acceptors (Lipinski definition) is 5. The first-order chi connectivity index (χ1) is 8.25. The molecule has 0 amide bonds. The van der Waals surface area contributed by atoms with E-state index in [4.69, 9.17) is 5.73 Å². The van der Waals surface area contributed by atoms with Crippen molar-refractivity contribution in [3.63, 3.8) is 0 Å². The third-order valence-corrected chi connectivity index (χ3v) is 4.24. The van der Waals surface area contributed by atoms with Crippen LogP contribution in [-0.4, -0.2) is 21.8 Å². The summed E-state index contributed by atoms with van der Waals surface area (Å²) in [5.74, 6) is 1.89. The van der Waals surface area contributed by atoms with Crippen molar-refractivity contribution in [2.75, 3.05) is 5.75 Å². The molecule has 2 heterocycles. The molecule has 0 fully saturated rings. The van der Waals surface area contributed by atoms with E-state index in [1.165, 1.54) is 0 Å². The molecule has 0 saturated heterocycles. The Morgan fingerprint density at radius 1 is 1.47 bits per heavy atom. The molecule has 17 heavy (non-hydrogen) atoms. The fraction of sp³-hybridized carbons (Fsp3) is 0.333. The normalized spacial score (nSPS) is 12.6. The number of nitrogens with zero attached hydrogens (tertiary/aromatic N) is 2. The minimum absolute atomic E-state index is 0.244. The van der Waals surface area contributed by atoms with Gasteiger partial charge in [0.15, 0.2) is 0 Å². The van der Waals surface area contributed by atoms with Crippen LogP contribution < -0.4 is 5.73 Å². The van der Waals surface area contributed by atoms with E-state index >= 15 is 0 Å². The van der Waals surface area contributed by atoms with Crippen LogP contribution in [0.5, 0.6) is 0 Å². The van der Waals surface area contributed by atoms with Crippen molar-refractivity contribution in [1.82, 2.24) is 9.97 Å². The smallest absolute Gasteiger partial charge is 0.142 e. The quantitative estimate of drug-likeness (QED) is 0.903. The van der Waals surface area contributed by atoms with Gasteiger partial charge < -0.3 is 5.73 Å². The van der Waals surface area contributed by atoms with Gasteiger partial charge in [-0.25, -0.2) is 4.98 Å². The molecule has 0 aliphatic carbocycles. The van der Waals surface area contributed by atoms with Crippen LogP contribution in [0.15, 0.2) is 29.8 Å². The number of hydrogen-bond donors (Lipinski definition) is 1. The zero-order valence-electron chi connectivity index (χ0n) is 9.67. The van der Waals surface area contributed by atoms with Crippen LogP contribution in [0.2, 0.25) is 0 Å². The lowest BCUT2D eigenvalue weighted by molar-refractivity contribution is 0.847. The summed E-state index contributed by atoms with van der Waals surface area (Å²) in [5.41, 5.74) is 7.76. The Balaban J connectivity index is 1.97. The Kier molecular flexibility index (Phi) is 4.53. The molecule has 1 unspecified atom stereocenters. The fourth-order valence-corrected chi connectivity index (χ4v) is 3.08. The first-order valence-corrected chi connectivity index (χ1v) is 7.48. The Morgan fingerprint density at radius 3 is 3.06 bits per heavy atom. The number of rotatable bonds is 5. The molecule has 0 aromatic carbocycles. The van der Waals surface area contributed by atoms with E-state index in [-0.39, 0.29) is 6.04 Å².